The summed E-state index contributed by atoms with van der Waals surface area (Å²) in [5, 5.41) is 0. The third-order valence-electron chi connectivity index (χ3n) is 5.10. The van der Waals surface area contributed by atoms with Crippen molar-refractivity contribution in [3.8, 4) is 0 Å². The van der Waals surface area contributed by atoms with Gasteiger partial charge in [-0.15, -0.1) is 0 Å². The smallest absolute Gasteiger partial charge is 0.326 e. The molecule has 2 aliphatic carbocycles. The second kappa shape index (κ2) is 12.3. The predicted octanol–water partition coefficient (Wildman–Crippen LogP) is 1.94. The van der Waals surface area contributed by atoms with Gasteiger partial charge in [-0.05, 0) is 39.5 Å². The number of carbonyl (C=O) groups excluding carboxylic acids is 2. The van der Waals surface area contributed by atoms with Gasteiger partial charge in [-0.1, -0.05) is 27.7 Å². The summed E-state index contributed by atoms with van der Waals surface area (Å²) in [6, 6.07) is 0. The lowest BCUT2D eigenvalue weighted by Gasteiger charge is -2.29. The van der Waals surface area contributed by atoms with E-state index in [-0.39, 0.29) is 37.2 Å². The van der Waals surface area contributed by atoms with Crippen molar-refractivity contribution in [1.82, 2.24) is 0 Å². The molecule has 188 valence electrons. The van der Waals surface area contributed by atoms with Crippen LogP contribution in [-0.2, 0) is 33.3 Å². The quantitative estimate of drug-likeness (QED) is 0.278. The van der Waals surface area contributed by atoms with E-state index in [9.17, 15) is 9.59 Å². The monoisotopic (exact) mass is 460 g/mol. The fourth-order valence-electron chi connectivity index (χ4n) is 2.62. The van der Waals surface area contributed by atoms with Gasteiger partial charge in [-0.3, -0.25) is 9.59 Å². The molecule has 0 aliphatic heterocycles. The van der Waals surface area contributed by atoms with Gasteiger partial charge in [0.05, 0.1) is 38.6 Å². The maximum atomic E-state index is 11.7. The van der Waals surface area contributed by atoms with Gasteiger partial charge in [0.25, 0.3) is 0 Å². The van der Waals surface area contributed by atoms with Gasteiger partial charge in [0, 0.05) is 5.41 Å². The summed E-state index contributed by atoms with van der Waals surface area (Å²) in [5.41, 5.74) is 9.30. The molecule has 0 bridgehead atoms. The zero-order chi connectivity index (χ0) is 24.5. The van der Waals surface area contributed by atoms with Gasteiger partial charge in [-0.25, -0.2) is 0 Å². The minimum absolute atomic E-state index is 0.177. The van der Waals surface area contributed by atoms with E-state index < -0.39 is 16.7 Å². The van der Waals surface area contributed by atoms with Crippen molar-refractivity contribution in [2.45, 2.75) is 83.9 Å². The molecular weight excluding hydrogens is 416 g/mol. The van der Waals surface area contributed by atoms with Crippen LogP contribution in [0.15, 0.2) is 0 Å². The van der Waals surface area contributed by atoms with Crippen LogP contribution in [0.2, 0.25) is 0 Å². The van der Waals surface area contributed by atoms with Crippen molar-refractivity contribution >= 4 is 11.9 Å². The number of esters is 2. The van der Waals surface area contributed by atoms with Crippen molar-refractivity contribution < 1.29 is 33.3 Å². The summed E-state index contributed by atoms with van der Waals surface area (Å²) >= 11 is 0. The molecule has 2 saturated carbocycles. The standard InChI is InChI=1S/C21H38N2O7.C2H6/c1-18(2,13-26-9-10-28-16(24)20(22)5-6-20)14-27-15-19(3,4)30-12-11-29-17(25)21(23)7-8-21;1-2/h5-15,22-23H2,1-4H3;1-2H3. The SMILES string of the molecule is CC.CC(C)(COCCOC(=O)C1(N)CC1)COCC(C)(C)OCCOC(=O)C1(N)CC1. The van der Waals surface area contributed by atoms with E-state index >= 15 is 0 Å². The summed E-state index contributed by atoms with van der Waals surface area (Å²) in [5.74, 6) is -0.701. The van der Waals surface area contributed by atoms with Crippen LogP contribution in [0.5, 0.6) is 0 Å². The molecule has 2 rings (SSSR count). The van der Waals surface area contributed by atoms with Crippen LogP contribution in [-0.4, -0.2) is 74.9 Å². The van der Waals surface area contributed by atoms with E-state index in [0.717, 1.165) is 0 Å². The molecule has 0 spiro atoms. The molecule has 9 nitrogen and oxygen atoms in total. The van der Waals surface area contributed by atoms with Crippen molar-refractivity contribution in [1.29, 1.82) is 0 Å². The molecule has 4 N–H and O–H groups in total. The van der Waals surface area contributed by atoms with Crippen LogP contribution in [0.4, 0.5) is 0 Å². The zero-order valence-corrected chi connectivity index (χ0v) is 20.8. The third-order valence-corrected chi connectivity index (χ3v) is 5.10. The molecule has 0 saturated heterocycles. The Bertz CT molecular complexity index is 599. The van der Waals surface area contributed by atoms with Crippen LogP contribution in [0, 0.1) is 5.41 Å². The van der Waals surface area contributed by atoms with E-state index in [1.54, 1.807) is 0 Å². The number of rotatable bonds is 15. The Morgan fingerprint density at radius 2 is 1.16 bits per heavy atom. The summed E-state index contributed by atoms with van der Waals surface area (Å²) < 4.78 is 27.5. The number of hydrogen-bond acceptors (Lipinski definition) is 9. The molecule has 0 unspecified atom stereocenters. The fraction of sp³-hybridized carbons (Fsp3) is 0.913. The molecule has 0 aromatic heterocycles. The van der Waals surface area contributed by atoms with E-state index in [1.807, 2.05) is 41.5 Å². The van der Waals surface area contributed by atoms with Crippen molar-refractivity contribution in [2.75, 3.05) is 46.2 Å². The average molecular weight is 461 g/mol. The highest BCUT2D eigenvalue weighted by Crippen LogP contribution is 2.33. The first-order chi connectivity index (χ1) is 14.9. The first kappa shape index (κ1) is 28.8. The topological polar surface area (TPSA) is 132 Å². The Morgan fingerprint density at radius 1 is 0.719 bits per heavy atom. The van der Waals surface area contributed by atoms with Gasteiger partial charge >= 0.3 is 11.9 Å². The predicted molar refractivity (Wildman–Crippen MR) is 121 cm³/mol. The van der Waals surface area contributed by atoms with E-state index in [1.165, 1.54) is 0 Å². The lowest BCUT2D eigenvalue weighted by molar-refractivity contribution is -0.152. The molecule has 0 atom stereocenters. The molecule has 32 heavy (non-hydrogen) atoms. The summed E-state index contributed by atoms with van der Waals surface area (Å²) in [6.45, 7) is 14.2. The minimum atomic E-state index is -0.766. The fourth-order valence-corrected chi connectivity index (χ4v) is 2.62. The maximum Gasteiger partial charge on any atom is 0.326 e. The summed E-state index contributed by atoms with van der Waals surface area (Å²) in [4.78, 5) is 23.3. The first-order valence-electron chi connectivity index (χ1n) is 11.6. The second-order valence-corrected chi connectivity index (χ2v) is 9.90. The van der Waals surface area contributed by atoms with Crippen molar-refractivity contribution in [3.63, 3.8) is 0 Å². The lowest BCUT2D eigenvalue weighted by atomic mass is 9.96. The van der Waals surface area contributed by atoms with Crippen LogP contribution in [0.1, 0.15) is 67.2 Å². The van der Waals surface area contributed by atoms with Gasteiger partial charge in [0.1, 0.15) is 24.3 Å². The van der Waals surface area contributed by atoms with Gasteiger partial charge < -0.3 is 35.2 Å². The highest BCUT2D eigenvalue weighted by atomic mass is 16.6. The molecule has 2 fully saturated rings. The highest BCUT2D eigenvalue weighted by molar-refractivity contribution is 5.84. The van der Waals surface area contributed by atoms with Crippen molar-refractivity contribution in [2.24, 2.45) is 16.9 Å². The normalized spacial score (nSPS) is 18.2. The van der Waals surface area contributed by atoms with Crippen LogP contribution >= 0.6 is 0 Å². The largest absolute Gasteiger partial charge is 0.462 e. The Balaban J connectivity index is 0.00000249. The molecule has 9 heteroatoms. The number of carbonyl (C=O) groups is 2. The van der Waals surface area contributed by atoms with Crippen LogP contribution < -0.4 is 11.5 Å². The van der Waals surface area contributed by atoms with E-state index in [4.69, 9.17) is 35.2 Å². The number of ether oxygens (including phenoxy) is 5. The van der Waals surface area contributed by atoms with Crippen molar-refractivity contribution in [3.05, 3.63) is 0 Å². The molecule has 0 aromatic rings. The molecule has 0 radical (unpaired) electrons. The van der Waals surface area contributed by atoms with Crippen LogP contribution in [0.25, 0.3) is 0 Å². The lowest BCUT2D eigenvalue weighted by Crippen LogP contribution is -2.37. The second-order valence-electron chi connectivity index (χ2n) is 9.90. The average Bonchev–Trinajstić information content (AvgIpc) is 3.65. The van der Waals surface area contributed by atoms with E-state index in [0.29, 0.717) is 52.1 Å². The summed E-state index contributed by atoms with van der Waals surface area (Å²) in [6.07, 6.45) is 2.75. The highest BCUT2D eigenvalue weighted by Gasteiger charge is 2.48. The Hall–Kier alpha value is -1.26. The Morgan fingerprint density at radius 3 is 1.62 bits per heavy atom. The van der Waals surface area contributed by atoms with Crippen LogP contribution in [0.3, 0.4) is 0 Å². The molecule has 0 heterocycles. The minimum Gasteiger partial charge on any atom is -0.462 e. The Kier molecular flexibility index (Phi) is 11.0. The number of nitrogens with two attached hydrogens (primary N) is 2. The Labute approximate surface area is 192 Å². The molecule has 0 aromatic carbocycles. The first-order valence-corrected chi connectivity index (χ1v) is 11.6. The third kappa shape index (κ3) is 10.6. The maximum absolute atomic E-state index is 11.7. The van der Waals surface area contributed by atoms with E-state index in [2.05, 4.69) is 0 Å². The summed E-state index contributed by atoms with van der Waals surface area (Å²) in [7, 11) is 0. The molecular formula is C23H44N2O7. The van der Waals surface area contributed by atoms with Gasteiger partial charge in [0.2, 0.25) is 0 Å². The number of hydrogen-bond donors (Lipinski definition) is 2. The zero-order valence-electron chi connectivity index (χ0n) is 20.8. The molecule has 2 aliphatic rings. The van der Waals surface area contributed by atoms with Gasteiger partial charge in [-0.2, -0.15) is 0 Å². The van der Waals surface area contributed by atoms with Gasteiger partial charge in [0.15, 0.2) is 0 Å². The molecule has 0 amide bonds.